The first-order valence-electron chi connectivity index (χ1n) is 3.17. The predicted octanol–water partition coefficient (Wildman–Crippen LogP) is 1.46. The zero-order valence-electron chi connectivity index (χ0n) is 6.37. The molecule has 5 heteroatoms. The lowest BCUT2D eigenvalue weighted by Crippen LogP contribution is -2.17. The van der Waals surface area contributed by atoms with Crippen LogP contribution in [0.4, 0.5) is 0 Å². The third-order valence-corrected chi connectivity index (χ3v) is 2.20. The number of hydrogen-bond acceptors (Lipinski definition) is 4. The van der Waals surface area contributed by atoms with E-state index in [1.165, 1.54) is 11.3 Å². The average Bonchev–Trinajstić information content (AvgIpc) is 2.34. The molecule has 0 radical (unpaired) electrons. The van der Waals surface area contributed by atoms with Crippen molar-refractivity contribution in [3.63, 3.8) is 0 Å². The zero-order chi connectivity index (χ0) is 9.14. The first kappa shape index (κ1) is 9.15. The van der Waals surface area contributed by atoms with Gasteiger partial charge in [0.1, 0.15) is 4.88 Å². The summed E-state index contributed by atoms with van der Waals surface area (Å²) in [5.41, 5.74) is 5.03. The van der Waals surface area contributed by atoms with E-state index in [-0.39, 0.29) is 5.17 Å². The van der Waals surface area contributed by atoms with E-state index >= 15 is 0 Å². The van der Waals surface area contributed by atoms with Crippen LogP contribution in [0.5, 0.6) is 0 Å². The summed E-state index contributed by atoms with van der Waals surface area (Å²) in [4.78, 5) is 12.6. The quantitative estimate of drug-likeness (QED) is 0.552. The predicted molar refractivity (Wildman–Crippen MR) is 51.3 cm³/mol. The number of aryl methyl sites for hydroxylation is 1. The molecule has 0 bridgehead atoms. The molecule has 0 aliphatic carbocycles. The molecule has 2 N–H and O–H groups in total. The van der Waals surface area contributed by atoms with Crippen molar-refractivity contribution >= 4 is 34.7 Å². The molecule has 0 fully saturated rings. The highest BCUT2D eigenvalue weighted by atomic mass is 32.1. The summed E-state index contributed by atoms with van der Waals surface area (Å²) in [6.07, 6.45) is 0. The molecular formula is C7H7NO2S2. The van der Waals surface area contributed by atoms with E-state index in [1.54, 1.807) is 6.07 Å². The second kappa shape index (κ2) is 3.64. The minimum atomic E-state index is -0.486. The number of hydrogen-bond donors (Lipinski definition) is 1. The lowest BCUT2D eigenvalue weighted by atomic mass is 10.4. The molecule has 0 aliphatic heterocycles. The molecule has 0 atom stereocenters. The van der Waals surface area contributed by atoms with Crippen LogP contribution >= 0.6 is 23.6 Å². The van der Waals surface area contributed by atoms with Crippen molar-refractivity contribution in [2.24, 2.45) is 5.73 Å². The third-order valence-electron chi connectivity index (χ3n) is 1.13. The number of nitrogens with two attached hydrogens (primary N) is 1. The van der Waals surface area contributed by atoms with E-state index in [1.807, 2.05) is 13.0 Å². The van der Waals surface area contributed by atoms with Gasteiger partial charge in [-0.1, -0.05) is 0 Å². The molecule has 0 saturated heterocycles. The Hall–Kier alpha value is -0.940. The summed E-state index contributed by atoms with van der Waals surface area (Å²) in [6.45, 7) is 1.90. The van der Waals surface area contributed by atoms with E-state index in [2.05, 4.69) is 17.0 Å². The highest BCUT2D eigenvalue weighted by molar-refractivity contribution is 7.80. The number of thiocarbonyl (C=S) groups is 1. The highest BCUT2D eigenvalue weighted by Crippen LogP contribution is 2.15. The van der Waals surface area contributed by atoms with Gasteiger partial charge in [0, 0.05) is 4.88 Å². The minimum absolute atomic E-state index is 0.244. The Morgan fingerprint density at radius 3 is 2.75 bits per heavy atom. The fourth-order valence-electron chi connectivity index (χ4n) is 0.686. The molecule has 1 rings (SSSR count). The van der Waals surface area contributed by atoms with Crippen LogP contribution in [0.1, 0.15) is 14.5 Å². The number of rotatable bonds is 1. The fourth-order valence-corrected chi connectivity index (χ4v) is 1.51. The van der Waals surface area contributed by atoms with Gasteiger partial charge in [-0.2, -0.15) is 0 Å². The fraction of sp³-hybridized carbons (Fsp3) is 0.143. The molecule has 1 heterocycles. The van der Waals surface area contributed by atoms with E-state index in [9.17, 15) is 4.79 Å². The summed E-state index contributed by atoms with van der Waals surface area (Å²) in [5.74, 6) is -0.486. The van der Waals surface area contributed by atoms with Crippen molar-refractivity contribution in [1.82, 2.24) is 0 Å². The second-order valence-electron chi connectivity index (χ2n) is 2.12. The molecule has 0 aromatic carbocycles. The maximum Gasteiger partial charge on any atom is 0.355 e. The van der Waals surface area contributed by atoms with Gasteiger partial charge >= 0.3 is 5.97 Å². The van der Waals surface area contributed by atoms with Crippen LogP contribution < -0.4 is 5.73 Å². The van der Waals surface area contributed by atoms with Gasteiger partial charge in [0.05, 0.1) is 0 Å². The zero-order valence-corrected chi connectivity index (χ0v) is 8.00. The van der Waals surface area contributed by atoms with Gasteiger partial charge in [0.15, 0.2) is 0 Å². The molecule has 12 heavy (non-hydrogen) atoms. The molecule has 64 valence electrons. The van der Waals surface area contributed by atoms with Crippen molar-refractivity contribution in [1.29, 1.82) is 0 Å². The van der Waals surface area contributed by atoms with Crippen LogP contribution in [-0.2, 0) is 4.74 Å². The second-order valence-corrected chi connectivity index (χ2v) is 3.81. The summed E-state index contributed by atoms with van der Waals surface area (Å²) >= 11 is 5.77. The maximum absolute atomic E-state index is 11.1. The first-order valence-corrected chi connectivity index (χ1v) is 4.40. The number of esters is 1. The molecular weight excluding hydrogens is 194 g/mol. The minimum Gasteiger partial charge on any atom is -0.395 e. The summed E-state index contributed by atoms with van der Waals surface area (Å²) in [5, 5.41) is -0.244. The highest BCUT2D eigenvalue weighted by Gasteiger charge is 2.09. The molecule has 1 aromatic heterocycles. The largest absolute Gasteiger partial charge is 0.395 e. The lowest BCUT2D eigenvalue weighted by molar-refractivity contribution is 0.0725. The molecule has 0 aliphatic rings. The van der Waals surface area contributed by atoms with Gasteiger partial charge in [-0.25, -0.2) is 4.79 Å². The summed E-state index contributed by atoms with van der Waals surface area (Å²) < 4.78 is 4.53. The van der Waals surface area contributed by atoms with Gasteiger partial charge in [0.2, 0.25) is 0 Å². The molecule has 0 amide bonds. The van der Waals surface area contributed by atoms with Crippen molar-refractivity contribution in [2.75, 3.05) is 0 Å². The maximum atomic E-state index is 11.1. The summed E-state index contributed by atoms with van der Waals surface area (Å²) in [6, 6.07) is 3.52. The van der Waals surface area contributed by atoms with Gasteiger partial charge in [0.25, 0.3) is 5.17 Å². The summed E-state index contributed by atoms with van der Waals surface area (Å²) in [7, 11) is 0. The monoisotopic (exact) mass is 201 g/mol. The Bertz CT molecular complexity index is 319. The van der Waals surface area contributed by atoms with Crippen molar-refractivity contribution < 1.29 is 9.53 Å². The molecule has 1 aromatic rings. The lowest BCUT2D eigenvalue weighted by Gasteiger charge is -1.96. The van der Waals surface area contributed by atoms with Crippen LogP contribution in [0.15, 0.2) is 12.1 Å². The van der Waals surface area contributed by atoms with Gasteiger partial charge < -0.3 is 10.5 Å². The third kappa shape index (κ3) is 2.28. The Kier molecular flexibility index (Phi) is 2.78. The Balaban J connectivity index is 2.72. The number of thiophene rings is 1. The van der Waals surface area contributed by atoms with Crippen LogP contribution in [0.2, 0.25) is 0 Å². The average molecular weight is 201 g/mol. The smallest absolute Gasteiger partial charge is 0.355 e. The first-order chi connectivity index (χ1) is 5.59. The Labute approximate surface area is 79.1 Å². The Morgan fingerprint density at radius 2 is 2.33 bits per heavy atom. The van der Waals surface area contributed by atoms with E-state index in [0.717, 1.165) is 4.88 Å². The van der Waals surface area contributed by atoms with Gasteiger partial charge in [-0.05, 0) is 31.3 Å². The molecule has 0 unspecified atom stereocenters. The molecule has 0 saturated carbocycles. The van der Waals surface area contributed by atoms with Crippen molar-refractivity contribution in [2.45, 2.75) is 6.92 Å². The van der Waals surface area contributed by atoms with E-state index in [0.29, 0.717) is 4.88 Å². The number of carbonyl (C=O) groups excluding carboxylic acids is 1. The SMILES string of the molecule is Cc1ccc(C(=O)OC(N)=S)s1. The van der Waals surface area contributed by atoms with Gasteiger partial charge in [-0.3, -0.25) is 0 Å². The van der Waals surface area contributed by atoms with E-state index in [4.69, 9.17) is 5.73 Å². The van der Waals surface area contributed by atoms with Crippen molar-refractivity contribution in [3.8, 4) is 0 Å². The Morgan fingerprint density at radius 1 is 1.67 bits per heavy atom. The molecule has 3 nitrogen and oxygen atoms in total. The van der Waals surface area contributed by atoms with Crippen molar-refractivity contribution in [3.05, 3.63) is 21.9 Å². The number of ether oxygens (including phenoxy) is 1. The van der Waals surface area contributed by atoms with Crippen LogP contribution in [0.3, 0.4) is 0 Å². The van der Waals surface area contributed by atoms with Gasteiger partial charge in [-0.15, -0.1) is 11.3 Å². The van der Waals surface area contributed by atoms with Crippen LogP contribution in [0.25, 0.3) is 0 Å². The topological polar surface area (TPSA) is 52.3 Å². The standard InChI is InChI=1S/C7H7NO2S2/c1-4-2-3-5(12-4)6(9)10-7(8)11/h2-3H,1H3,(H2,8,11). The number of carbonyl (C=O) groups is 1. The normalized spacial score (nSPS) is 9.42. The van der Waals surface area contributed by atoms with E-state index < -0.39 is 5.97 Å². The van der Waals surface area contributed by atoms with Crippen LogP contribution in [-0.4, -0.2) is 11.1 Å². The molecule has 0 spiro atoms. The van der Waals surface area contributed by atoms with Crippen LogP contribution in [0, 0.1) is 6.92 Å².